The molecule has 0 amide bonds. The molecule has 0 aliphatic rings. The maximum Gasteiger partial charge on any atom is 0.305 e. The zero-order valence-corrected chi connectivity index (χ0v) is 15.2. The van der Waals surface area contributed by atoms with Crippen LogP contribution in [0.15, 0.2) is 12.2 Å². The Bertz CT molecular complexity index is 271. The summed E-state index contributed by atoms with van der Waals surface area (Å²) in [5.74, 6) is 0.733. The second-order valence-corrected chi connectivity index (χ2v) is 6.54. The monoisotopic (exact) mass is 310 g/mol. The fraction of sp³-hybridized carbons (Fsp3) is 0.850. The van der Waals surface area contributed by atoms with Crippen LogP contribution in [0.5, 0.6) is 0 Å². The summed E-state index contributed by atoms with van der Waals surface area (Å²) in [4.78, 5) is 11.0. The largest absolute Gasteiger partial charge is 0.469 e. The highest BCUT2D eigenvalue weighted by atomic mass is 16.5. The molecule has 0 N–H and O–H groups in total. The van der Waals surface area contributed by atoms with Crippen molar-refractivity contribution in [3.05, 3.63) is 12.2 Å². The first-order valence-corrected chi connectivity index (χ1v) is 9.42. The molecule has 0 saturated heterocycles. The molecule has 130 valence electrons. The van der Waals surface area contributed by atoms with Crippen LogP contribution >= 0.6 is 0 Å². The van der Waals surface area contributed by atoms with Gasteiger partial charge in [0.25, 0.3) is 0 Å². The van der Waals surface area contributed by atoms with Gasteiger partial charge in [0.15, 0.2) is 0 Å². The quantitative estimate of drug-likeness (QED) is 0.197. The van der Waals surface area contributed by atoms with Gasteiger partial charge in [-0.25, -0.2) is 0 Å². The topological polar surface area (TPSA) is 26.3 Å². The third-order valence-corrected chi connectivity index (χ3v) is 4.23. The molecule has 0 aliphatic heterocycles. The highest BCUT2D eigenvalue weighted by Crippen LogP contribution is 2.15. The Morgan fingerprint density at radius 3 is 2.36 bits per heavy atom. The van der Waals surface area contributed by atoms with Gasteiger partial charge in [-0.1, -0.05) is 77.4 Å². The SMILES string of the molecule is CCCCCC/C=C/CC(C)CCCCCCCC(=O)OC. The highest BCUT2D eigenvalue weighted by molar-refractivity contribution is 5.68. The molecule has 1 unspecified atom stereocenters. The molecule has 2 nitrogen and oxygen atoms in total. The molecule has 1 atom stereocenters. The molecule has 0 radical (unpaired) electrons. The summed E-state index contributed by atoms with van der Waals surface area (Å²) in [6.07, 6.45) is 20.6. The number of rotatable bonds is 15. The molecule has 0 spiro atoms. The van der Waals surface area contributed by atoms with E-state index in [1.54, 1.807) is 0 Å². The smallest absolute Gasteiger partial charge is 0.305 e. The molecule has 0 bridgehead atoms. The minimum Gasteiger partial charge on any atom is -0.469 e. The predicted molar refractivity (Wildman–Crippen MR) is 96.0 cm³/mol. The van der Waals surface area contributed by atoms with Crippen molar-refractivity contribution in [1.82, 2.24) is 0 Å². The van der Waals surface area contributed by atoms with Crippen molar-refractivity contribution in [2.45, 2.75) is 97.3 Å². The van der Waals surface area contributed by atoms with Crippen molar-refractivity contribution in [2.24, 2.45) is 5.92 Å². The molecular weight excluding hydrogens is 272 g/mol. The minimum absolute atomic E-state index is 0.0740. The summed E-state index contributed by atoms with van der Waals surface area (Å²) in [6.45, 7) is 4.62. The van der Waals surface area contributed by atoms with Gasteiger partial charge in [-0.05, 0) is 31.6 Å². The van der Waals surface area contributed by atoms with Crippen molar-refractivity contribution < 1.29 is 9.53 Å². The van der Waals surface area contributed by atoms with E-state index in [-0.39, 0.29) is 5.97 Å². The number of unbranched alkanes of at least 4 members (excludes halogenated alkanes) is 8. The lowest BCUT2D eigenvalue weighted by molar-refractivity contribution is -0.140. The summed E-state index contributed by atoms with van der Waals surface area (Å²) in [6, 6.07) is 0. The molecule has 0 fully saturated rings. The van der Waals surface area contributed by atoms with Gasteiger partial charge in [0.1, 0.15) is 0 Å². The third kappa shape index (κ3) is 15.6. The lowest BCUT2D eigenvalue weighted by Gasteiger charge is -2.08. The summed E-state index contributed by atoms with van der Waals surface area (Å²) in [7, 11) is 1.46. The molecule has 0 aliphatic carbocycles. The molecule has 0 aromatic rings. The van der Waals surface area contributed by atoms with Gasteiger partial charge in [0.2, 0.25) is 0 Å². The molecule has 0 heterocycles. The number of carbonyl (C=O) groups is 1. The molecule has 0 aromatic heterocycles. The van der Waals surface area contributed by atoms with Gasteiger partial charge in [-0.15, -0.1) is 0 Å². The van der Waals surface area contributed by atoms with Crippen molar-refractivity contribution in [1.29, 1.82) is 0 Å². The summed E-state index contributed by atoms with van der Waals surface area (Å²) >= 11 is 0. The number of allylic oxidation sites excluding steroid dienone is 2. The Balaban J connectivity index is 3.30. The van der Waals surface area contributed by atoms with E-state index in [0.29, 0.717) is 6.42 Å². The number of ether oxygens (including phenoxy) is 1. The maximum absolute atomic E-state index is 11.0. The summed E-state index contributed by atoms with van der Waals surface area (Å²) < 4.78 is 4.64. The van der Waals surface area contributed by atoms with Gasteiger partial charge in [-0.2, -0.15) is 0 Å². The molecule has 2 heteroatoms. The molecule has 22 heavy (non-hydrogen) atoms. The lowest BCUT2D eigenvalue weighted by atomic mass is 9.98. The highest BCUT2D eigenvalue weighted by Gasteiger charge is 2.01. The van der Waals surface area contributed by atoms with Gasteiger partial charge in [0.05, 0.1) is 7.11 Å². The zero-order chi connectivity index (χ0) is 16.5. The van der Waals surface area contributed by atoms with Gasteiger partial charge >= 0.3 is 5.97 Å². The molecule has 0 aromatic carbocycles. The summed E-state index contributed by atoms with van der Waals surface area (Å²) in [5, 5.41) is 0. The molecule has 0 rings (SSSR count). The van der Waals surface area contributed by atoms with Crippen molar-refractivity contribution >= 4 is 5.97 Å². The number of carbonyl (C=O) groups excluding carboxylic acids is 1. The number of methoxy groups -OCH3 is 1. The standard InChI is InChI=1S/C20H38O2/c1-4-5-6-7-8-10-13-16-19(2)17-14-11-9-12-15-18-20(21)22-3/h10,13,19H,4-9,11-12,14-18H2,1-3H3/b13-10+. The van der Waals surface area contributed by atoms with E-state index in [1.807, 2.05) is 0 Å². The first-order chi connectivity index (χ1) is 10.7. The van der Waals surface area contributed by atoms with Gasteiger partial charge < -0.3 is 4.74 Å². The second-order valence-electron chi connectivity index (χ2n) is 6.54. The fourth-order valence-corrected chi connectivity index (χ4v) is 2.65. The van der Waals surface area contributed by atoms with E-state index in [0.717, 1.165) is 18.8 Å². The Morgan fingerprint density at radius 1 is 0.955 bits per heavy atom. The van der Waals surface area contributed by atoms with E-state index in [1.165, 1.54) is 71.3 Å². The van der Waals surface area contributed by atoms with Crippen molar-refractivity contribution in [2.75, 3.05) is 7.11 Å². The Kier molecular flexibility index (Phi) is 16.0. The fourth-order valence-electron chi connectivity index (χ4n) is 2.65. The average Bonchev–Trinajstić information content (AvgIpc) is 2.52. The van der Waals surface area contributed by atoms with E-state index >= 15 is 0 Å². The number of esters is 1. The van der Waals surface area contributed by atoms with Crippen LogP contribution in [0.25, 0.3) is 0 Å². The lowest BCUT2D eigenvalue weighted by Crippen LogP contribution is -1.99. The van der Waals surface area contributed by atoms with Crippen LogP contribution in [0, 0.1) is 5.92 Å². The van der Waals surface area contributed by atoms with Crippen LogP contribution in [0.4, 0.5) is 0 Å². The second kappa shape index (κ2) is 16.6. The summed E-state index contributed by atoms with van der Waals surface area (Å²) in [5.41, 5.74) is 0. The van der Waals surface area contributed by atoms with Gasteiger partial charge in [0, 0.05) is 6.42 Å². The van der Waals surface area contributed by atoms with E-state index in [4.69, 9.17) is 0 Å². The number of hydrogen-bond acceptors (Lipinski definition) is 2. The first kappa shape index (κ1) is 21.2. The van der Waals surface area contributed by atoms with Crippen molar-refractivity contribution in [3.63, 3.8) is 0 Å². The van der Waals surface area contributed by atoms with Crippen LogP contribution < -0.4 is 0 Å². The molecular formula is C20H38O2. The van der Waals surface area contributed by atoms with Crippen molar-refractivity contribution in [3.8, 4) is 0 Å². The Morgan fingerprint density at radius 2 is 1.64 bits per heavy atom. The van der Waals surface area contributed by atoms with Gasteiger partial charge in [-0.3, -0.25) is 4.79 Å². The number of hydrogen-bond donors (Lipinski definition) is 0. The first-order valence-electron chi connectivity index (χ1n) is 9.42. The normalized spacial score (nSPS) is 12.7. The van der Waals surface area contributed by atoms with Crippen LogP contribution in [0.2, 0.25) is 0 Å². The Labute approximate surface area is 138 Å². The van der Waals surface area contributed by atoms with Crippen LogP contribution in [0.3, 0.4) is 0 Å². The Hall–Kier alpha value is -0.790. The van der Waals surface area contributed by atoms with E-state index in [2.05, 4.69) is 30.7 Å². The predicted octanol–water partition coefficient (Wildman–Crippen LogP) is 6.44. The van der Waals surface area contributed by atoms with E-state index in [9.17, 15) is 4.79 Å². The minimum atomic E-state index is -0.0740. The third-order valence-electron chi connectivity index (χ3n) is 4.23. The van der Waals surface area contributed by atoms with E-state index < -0.39 is 0 Å². The molecule has 0 saturated carbocycles. The van der Waals surface area contributed by atoms with Crippen LogP contribution in [0.1, 0.15) is 97.3 Å². The van der Waals surface area contributed by atoms with Crippen LogP contribution in [-0.4, -0.2) is 13.1 Å². The average molecular weight is 311 g/mol. The van der Waals surface area contributed by atoms with Crippen LogP contribution in [-0.2, 0) is 9.53 Å². The maximum atomic E-state index is 11.0. The zero-order valence-electron chi connectivity index (χ0n) is 15.2.